The summed E-state index contributed by atoms with van der Waals surface area (Å²) in [6.07, 6.45) is 0.489. The molecule has 0 aliphatic heterocycles. The Labute approximate surface area is 121 Å². The molecule has 2 aromatic heterocycles. The Morgan fingerprint density at radius 2 is 2.10 bits per heavy atom. The molecule has 0 aliphatic rings. The number of carboxylic acids is 1. The van der Waals surface area contributed by atoms with Crippen LogP contribution in [0.15, 0.2) is 34.9 Å². The number of carboxylic acid groups (broad SMARTS) is 1. The van der Waals surface area contributed by atoms with Crippen LogP contribution in [0.2, 0.25) is 0 Å². The van der Waals surface area contributed by atoms with Crippen LogP contribution in [0.4, 0.5) is 0 Å². The maximum Gasteiger partial charge on any atom is 0.341 e. The molecule has 0 radical (unpaired) electrons. The highest BCUT2D eigenvalue weighted by molar-refractivity contribution is 5.97. The Morgan fingerprint density at radius 3 is 2.81 bits per heavy atom. The molecule has 106 valence electrons. The summed E-state index contributed by atoms with van der Waals surface area (Å²) in [6, 6.07) is 9.44. The summed E-state index contributed by atoms with van der Waals surface area (Å²) in [5.74, 6) is -0.634. The van der Waals surface area contributed by atoms with Gasteiger partial charge in [-0.3, -0.25) is 4.98 Å². The molecule has 5 nitrogen and oxygen atoms in total. The van der Waals surface area contributed by atoms with E-state index >= 15 is 0 Å². The molecule has 0 saturated carbocycles. The maximum absolute atomic E-state index is 11.4. The highest BCUT2D eigenvalue weighted by atomic mass is 16.5. The van der Waals surface area contributed by atoms with Gasteiger partial charge in [0.15, 0.2) is 5.76 Å². The van der Waals surface area contributed by atoms with Crippen molar-refractivity contribution in [2.45, 2.75) is 20.3 Å². The monoisotopic (exact) mass is 282 g/mol. The van der Waals surface area contributed by atoms with Crippen LogP contribution in [0.25, 0.3) is 22.2 Å². The van der Waals surface area contributed by atoms with Crippen molar-refractivity contribution in [2.24, 2.45) is 0 Å². The minimum atomic E-state index is -1.02. The lowest BCUT2D eigenvalue weighted by atomic mass is 10.0. The number of hydrogen-bond acceptors (Lipinski definition) is 4. The second kappa shape index (κ2) is 5.01. The lowest BCUT2D eigenvalue weighted by molar-refractivity contribution is 0.0695. The van der Waals surface area contributed by atoms with Crippen LogP contribution in [0.1, 0.15) is 28.7 Å². The smallest absolute Gasteiger partial charge is 0.341 e. The molecule has 0 amide bonds. The highest BCUT2D eigenvalue weighted by Gasteiger charge is 2.22. The van der Waals surface area contributed by atoms with Gasteiger partial charge in [-0.2, -0.15) is 0 Å². The first-order valence-electron chi connectivity index (χ1n) is 6.69. The summed E-state index contributed by atoms with van der Waals surface area (Å²) in [4.78, 5) is 15.9. The second-order valence-corrected chi connectivity index (χ2v) is 4.85. The third kappa shape index (κ3) is 2.27. The van der Waals surface area contributed by atoms with Gasteiger partial charge in [-0.15, -0.1) is 0 Å². The van der Waals surface area contributed by atoms with Crippen molar-refractivity contribution in [3.8, 4) is 11.3 Å². The van der Waals surface area contributed by atoms with E-state index in [4.69, 9.17) is 4.52 Å². The van der Waals surface area contributed by atoms with Crippen molar-refractivity contribution in [2.75, 3.05) is 0 Å². The van der Waals surface area contributed by atoms with Gasteiger partial charge in [0, 0.05) is 23.1 Å². The van der Waals surface area contributed by atoms with Crippen molar-refractivity contribution in [1.82, 2.24) is 10.1 Å². The third-order valence-corrected chi connectivity index (χ3v) is 3.40. The number of rotatable bonds is 3. The number of hydrogen-bond donors (Lipinski definition) is 1. The number of carbonyl (C=O) groups is 1. The van der Waals surface area contributed by atoms with Gasteiger partial charge in [-0.1, -0.05) is 24.2 Å². The van der Waals surface area contributed by atoms with E-state index in [1.807, 2.05) is 44.2 Å². The number of pyridine rings is 1. The first-order valence-corrected chi connectivity index (χ1v) is 6.69. The van der Waals surface area contributed by atoms with E-state index < -0.39 is 5.97 Å². The zero-order valence-corrected chi connectivity index (χ0v) is 11.8. The number of aromatic nitrogens is 2. The number of aromatic carboxylic acids is 1. The van der Waals surface area contributed by atoms with Crippen molar-refractivity contribution in [1.29, 1.82) is 0 Å². The Balaban J connectivity index is 2.19. The Kier molecular flexibility index (Phi) is 3.17. The summed E-state index contributed by atoms with van der Waals surface area (Å²) in [5, 5.41) is 14.2. The predicted molar refractivity (Wildman–Crippen MR) is 78.3 cm³/mol. The number of fused-ring (bicyclic) bond motifs is 1. The molecule has 21 heavy (non-hydrogen) atoms. The Bertz CT molecular complexity index is 837. The fourth-order valence-electron chi connectivity index (χ4n) is 2.36. The molecule has 0 saturated heterocycles. The minimum absolute atomic E-state index is 0.136. The Morgan fingerprint density at radius 1 is 1.29 bits per heavy atom. The Hall–Kier alpha value is -2.69. The van der Waals surface area contributed by atoms with E-state index in [0.29, 0.717) is 23.4 Å². The predicted octanol–water partition coefficient (Wildman–Crippen LogP) is 3.46. The molecule has 1 N–H and O–H groups in total. The molecule has 2 heterocycles. The molecule has 0 bridgehead atoms. The quantitative estimate of drug-likeness (QED) is 0.796. The molecular weight excluding hydrogens is 268 g/mol. The fraction of sp³-hybridized carbons (Fsp3) is 0.188. The molecule has 0 fully saturated rings. The van der Waals surface area contributed by atoms with Crippen LogP contribution in [-0.4, -0.2) is 21.2 Å². The topological polar surface area (TPSA) is 76.2 Å². The van der Waals surface area contributed by atoms with Crippen molar-refractivity contribution < 1.29 is 14.4 Å². The van der Waals surface area contributed by atoms with Gasteiger partial charge in [0.05, 0.1) is 5.52 Å². The minimum Gasteiger partial charge on any atom is -0.477 e. The van der Waals surface area contributed by atoms with Crippen molar-refractivity contribution in [3.63, 3.8) is 0 Å². The maximum atomic E-state index is 11.4. The van der Waals surface area contributed by atoms with Gasteiger partial charge in [-0.25, -0.2) is 4.79 Å². The fourth-order valence-corrected chi connectivity index (χ4v) is 2.36. The highest BCUT2D eigenvalue weighted by Crippen LogP contribution is 2.28. The first kappa shape index (κ1) is 13.3. The average molecular weight is 282 g/mol. The number of aryl methyl sites for hydroxylation is 2. The van der Waals surface area contributed by atoms with Crippen LogP contribution >= 0.6 is 0 Å². The van der Waals surface area contributed by atoms with E-state index in [0.717, 1.165) is 16.6 Å². The molecule has 3 aromatic rings. The van der Waals surface area contributed by atoms with Crippen molar-refractivity contribution >= 4 is 16.9 Å². The van der Waals surface area contributed by atoms with Crippen LogP contribution in [0, 0.1) is 6.92 Å². The summed E-state index contributed by atoms with van der Waals surface area (Å²) >= 11 is 0. The first-order chi connectivity index (χ1) is 10.1. The van der Waals surface area contributed by atoms with Crippen LogP contribution < -0.4 is 0 Å². The lowest BCUT2D eigenvalue weighted by Crippen LogP contribution is -2.00. The summed E-state index contributed by atoms with van der Waals surface area (Å²) in [6.45, 7) is 3.77. The van der Waals surface area contributed by atoms with E-state index in [2.05, 4.69) is 10.1 Å². The third-order valence-electron chi connectivity index (χ3n) is 3.40. The van der Waals surface area contributed by atoms with Gasteiger partial charge >= 0.3 is 5.97 Å². The molecular formula is C16H14N2O3. The van der Waals surface area contributed by atoms with Gasteiger partial charge < -0.3 is 9.63 Å². The lowest BCUT2D eigenvalue weighted by Gasteiger charge is -2.02. The molecule has 0 unspecified atom stereocenters. The van der Waals surface area contributed by atoms with Crippen LogP contribution in [0.5, 0.6) is 0 Å². The van der Waals surface area contributed by atoms with E-state index in [1.165, 1.54) is 0 Å². The molecule has 0 spiro atoms. The normalized spacial score (nSPS) is 11.0. The van der Waals surface area contributed by atoms with Crippen LogP contribution in [0.3, 0.4) is 0 Å². The van der Waals surface area contributed by atoms with Gasteiger partial charge in [0.1, 0.15) is 11.3 Å². The number of nitrogens with zero attached hydrogens (tertiary/aromatic N) is 2. The van der Waals surface area contributed by atoms with Crippen molar-refractivity contribution in [3.05, 3.63) is 47.3 Å². The van der Waals surface area contributed by atoms with Gasteiger partial charge in [-0.05, 0) is 25.1 Å². The zero-order valence-electron chi connectivity index (χ0n) is 11.8. The summed E-state index contributed by atoms with van der Waals surface area (Å²) in [7, 11) is 0. The zero-order chi connectivity index (χ0) is 15.0. The van der Waals surface area contributed by atoms with Crippen LogP contribution in [-0.2, 0) is 6.42 Å². The van der Waals surface area contributed by atoms with E-state index in [1.54, 1.807) is 0 Å². The largest absolute Gasteiger partial charge is 0.477 e. The van der Waals surface area contributed by atoms with Gasteiger partial charge in [0.2, 0.25) is 0 Å². The van der Waals surface area contributed by atoms with E-state index in [-0.39, 0.29) is 5.56 Å². The molecule has 0 aliphatic carbocycles. The molecule has 5 heteroatoms. The van der Waals surface area contributed by atoms with E-state index in [9.17, 15) is 9.90 Å². The molecule has 0 atom stereocenters. The summed E-state index contributed by atoms with van der Waals surface area (Å²) in [5.41, 5.74) is 3.03. The van der Waals surface area contributed by atoms with Gasteiger partial charge in [0.25, 0.3) is 0 Å². The number of benzene rings is 1. The standard InChI is InChI=1S/C16H14N2O3/c1-3-13-14(16(19)20)15(18-21-13)11-6-7-12-10(8-11)5-4-9(2)17-12/h4-8H,3H2,1-2H3,(H,19,20). The SMILES string of the molecule is CCc1onc(-c2ccc3nc(C)ccc3c2)c1C(=O)O. The second-order valence-electron chi connectivity index (χ2n) is 4.85. The average Bonchev–Trinajstić information content (AvgIpc) is 2.90. The summed E-state index contributed by atoms with van der Waals surface area (Å²) < 4.78 is 5.15. The molecule has 1 aromatic carbocycles. The molecule has 3 rings (SSSR count).